The number of rotatable bonds is 0. The Kier molecular flexibility index (Phi) is 5.18. The molecule has 1 atom stereocenters. The molecule has 1 aliphatic heterocycles. The van der Waals surface area contributed by atoms with E-state index in [0.29, 0.717) is 6.07 Å². The Balaban J connectivity index is 0.000000185. The average Bonchev–Trinajstić information content (AvgIpc) is 2.60. The van der Waals surface area contributed by atoms with Gasteiger partial charge in [-0.1, -0.05) is 18.2 Å². The highest BCUT2D eigenvalue weighted by molar-refractivity contribution is 5.91. The smallest absolute Gasteiger partial charge is 0.161 e. The molecule has 1 unspecified atom stereocenters. The number of nitrogens with one attached hydrogen (secondary N) is 1. The van der Waals surface area contributed by atoms with Gasteiger partial charge in [-0.15, -0.1) is 0 Å². The number of nitrogens with two attached hydrogens (primary N) is 1. The summed E-state index contributed by atoms with van der Waals surface area (Å²) in [6.45, 7) is 5.21. The molecule has 5 heteroatoms. The summed E-state index contributed by atoms with van der Waals surface area (Å²) in [6.07, 6.45) is 0.974. The van der Waals surface area contributed by atoms with E-state index < -0.39 is 17.5 Å². The summed E-state index contributed by atoms with van der Waals surface area (Å²) in [7, 11) is 0. The Morgan fingerprint density at radius 3 is 2.35 bits per heavy atom. The van der Waals surface area contributed by atoms with Crippen molar-refractivity contribution in [3.63, 3.8) is 0 Å². The maximum atomic E-state index is 12.0. The first-order valence-electron chi connectivity index (χ1n) is 8.48. The van der Waals surface area contributed by atoms with Crippen molar-refractivity contribution in [2.45, 2.75) is 26.3 Å². The lowest BCUT2D eigenvalue weighted by Crippen LogP contribution is -2.35. The Morgan fingerprint density at radius 2 is 1.65 bits per heavy atom. The molecule has 0 amide bonds. The third-order valence-corrected chi connectivity index (χ3v) is 4.65. The van der Waals surface area contributed by atoms with Crippen LogP contribution in [0.25, 0.3) is 10.8 Å². The molecule has 3 N–H and O–H groups in total. The molecule has 2 nitrogen and oxygen atoms in total. The molecule has 3 aromatic carbocycles. The van der Waals surface area contributed by atoms with Gasteiger partial charge in [0.15, 0.2) is 11.6 Å². The molecule has 3 aromatic rings. The number of hydrogen-bond donors (Lipinski definition) is 2. The van der Waals surface area contributed by atoms with E-state index in [2.05, 4.69) is 43.4 Å². The van der Waals surface area contributed by atoms with Gasteiger partial charge in [0.1, 0.15) is 5.82 Å². The lowest BCUT2D eigenvalue weighted by Gasteiger charge is -2.25. The molecule has 1 heterocycles. The minimum Gasteiger partial charge on any atom is -0.383 e. The predicted octanol–water partition coefficient (Wildman–Crippen LogP) is 4.86. The molecule has 1 aliphatic rings. The molecule has 26 heavy (non-hydrogen) atoms. The number of anilines is 1. The van der Waals surface area contributed by atoms with Crippen LogP contribution < -0.4 is 11.1 Å². The van der Waals surface area contributed by atoms with Gasteiger partial charge in [-0.2, -0.15) is 0 Å². The molecule has 4 rings (SSSR count). The minimum absolute atomic E-state index is 0.231. The van der Waals surface area contributed by atoms with E-state index in [1.54, 1.807) is 0 Å². The topological polar surface area (TPSA) is 38.0 Å². The van der Waals surface area contributed by atoms with E-state index in [1.807, 2.05) is 0 Å². The van der Waals surface area contributed by atoms with Crippen LogP contribution in [0, 0.1) is 31.3 Å². The summed E-state index contributed by atoms with van der Waals surface area (Å²) in [5.74, 6) is -2.96. The zero-order chi connectivity index (χ0) is 18.8. The molecule has 0 aromatic heterocycles. The lowest BCUT2D eigenvalue weighted by atomic mass is 9.92. The van der Waals surface area contributed by atoms with Crippen LogP contribution in [0.15, 0.2) is 42.5 Å². The summed E-state index contributed by atoms with van der Waals surface area (Å²) in [6, 6.07) is 11.3. The van der Waals surface area contributed by atoms with Crippen molar-refractivity contribution >= 4 is 16.5 Å². The van der Waals surface area contributed by atoms with Crippen molar-refractivity contribution in [1.29, 1.82) is 0 Å². The average molecular weight is 358 g/mol. The second-order valence-corrected chi connectivity index (χ2v) is 6.65. The largest absolute Gasteiger partial charge is 0.383 e. The van der Waals surface area contributed by atoms with Crippen LogP contribution in [0.5, 0.6) is 0 Å². The molecule has 136 valence electrons. The van der Waals surface area contributed by atoms with Crippen LogP contribution in [-0.4, -0.2) is 12.6 Å². The number of aryl methyl sites for hydroxylation is 2. The maximum absolute atomic E-state index is 12.0. The van der Waals surface area contributed by atoms with Crippen molar-refractivity contribution < 1.29 is 13.2 Å². The van der Waals surface area contributed by atoms with Gasteiger partial charge in [-0.25, -0.2) is 13.2 Å². The van der Waals surface area contributed by atoms with Crippen LogP contribution >= 0.6 is 0 Å². The van der Waals surface area contributed by atoms with Crippen LogP contribution in [-0.2, 0) is 6.42 Å². The fraction of sp³-hybridized carbons (Fsp3) is 0.238. The van der Waals surface area contributed by atoms with Crippen LogP contribution in [0.2, 0.25) is 0 Å². The summed E-state index contributed by atoms with van der Waals surface area (Å²) >= 11 is 0. The van der Waals surface area contributed by atoms with E-state index in [-0.39, 0.29) is 6.04 Å². The first-order chi connectivity index (χ1) is 12.3. The zero-order valence-electron chi connectivity index (χ0n) is 14.7. The highest BCUT2D eigenvalue weighted by Gasteiger charge is 2.17. The molecule has 0 fully saturated rings. The molecular weight excluding hydrogens is 337 g/mol. The number of benzene rings is 3. The van der Waals surface area contributed by atoms with Gasteiger partial charge in [0.25, 0.3) is 0 Å². The summed E-state index contributed by atoms with van der Waals surface area (Å²) in [5.41, 5.74) is 11.4. The van der Waals surface area contributed by atoms with Crippen molar-refractivity contribution in [3.05, 3.63) is 76.6 Å². The molecule has 0 radical (unpaired) electrons. The monoisotopic (exact) mass is 358 g/mol. The van der Waals surface area contributed by atoms with Crippen LogP contribution in [0.4, 0.5) is 18.9 Å². The quantitative estimate of drug-likeness (QED) is 0.564. The van der Waals surface area contributed by atoms with E-state index in [0.717, 1.165) is 25.1 Å². The predicted molar refractivity (Wildman–Crippen MR) is 99.9 cm³/mol. The van der Waals surface area contributed by atoms with Crippen molar-refractivity contribution in [1.82, 2.24) is 0 Å². The third kappa shape index (κ3) is 3.83. The SMILES string of the molecule is Cc1cc2ccc3c(c2cc1C)CC(N)CN3.Fc1ccc(F)c(F)c1. The van der Waals surface area contributed by atoms with Crippen LogP contribution in [0.3, 0.4) is 0 Å². The Labute approximate surface area is 150 Å². The standard InChI is InChI=1S/C15H18N2.C6H3F3/c1-9-5-11-3-4-15-14(7-12(16)8-17-15)13(11)6-10(9)2;7-4-1-2-5(8)6(9)3-4/h3-6,12,17H,7-8,16H2,1-2H3;1-3H. The van der Waals surface area contributed by atoms with E-state index in [9.17, 15) is 13.2 Å². The third-order valence-electron chi connectivity index (χ3n) is 4.65. The Hall–Kier alpha value is -2.53. The fourth-order valence-electron chi connectivity index (χ4n) is 3.09. The van der Waals surface area contributed by atoms with Gasteiger partial charge in [0.2, 0.25) is 0 Å². The van der Waals surface area contributed by atoms with Gasteiger partial charge in [0, 0.05) is 24.3 Å². The van der Waals surface area contributed by atoms with Crippen molar-refractivity contribution in [2.24, 2.45) is 5.73 Å². The summed E-state index contributed by atoms with van der Waals surface area (Å²) in [4.78, 5) is 0. The number of hydrogen-bond acceptors (Lipinski definition) is 2. The number of halogens is 3. The molecule has 0 spiro atoms. The summed E-state index contributed by atoms with van der Waals surface area (Å²) < 4.78 is 35.9. The maximum Gasteiger partial charge on any atom is 0.161 e. The van der Waals surface area contributed by atoms with Gasteiger partial charge >= 0.3 is 0 Å². The van der Waals surface area contributed by atoms with E-state index in [1.165, 1.54) is 33.2 Å². The van der Waals surface area contributed by atoms with Gasteiger partial charge in [-0.3, -0.25) is 0 Å². The molecule has 0 saturated carbocycles. The van der Waals surface area contributed by atoms with E-state index >= 15 is 0 Å². The minimum atomic E-state index is -1.16. The fourth-order valence-corrected chi connectivity index (χ4v) is 3.09. The zero-order valence-corrected chi connectivity index (χ0v) is 14.7. The van der Waals surface area contributed by atoms with Crippen molar-refractivity contribution in [2.75, 3.05) is 11.9 Å². The van der Waals surface area contributed by atoms with Gasteiger partial charge in [-0.05, 0) is 65.9 Å². The first-order valence-corrected chi connectivity index (χ1v) is 8.48. The molecule has 0 bridgehead atoms. The van der Waals surface area contributed by atoms with E-state index in [4.69, 9.17) is 5.73 Å². The van der Waals surface area contributed by atoms with Gasteiger partial charge < -0.3 is 11.1 Å². The Bertz CT molecular complexity index is 954. The second kappa shape index (κ2) is 7.38. The normalized spacial score (nSPS) is 15.7. The number of fused-ring (bicyclic) bond motifs is 3. The first kappa shape index (κ1) is 18.3. The lowest BCUT2D eigenvalue weighted by molar-refractivity contribution is 0.495. The Morgan fingerprint density at radius 1 is 0.923 bits per heavy atom. The highest BCUT2D eigenvalue weighted by Crippen LogP contribution is 2.31. The van der Waals surface area contributed by atoms with Crippen molar-refractivity contribution in [3.8, 4) is 0 Å². The highest BCUT2D eigenvalue weighted by atomic mass is 19.2. The van der Waals surface area contributed by atoms with Gasteiger partial charge in [0.05, 0.1) is 0 Å². The molecule has 0 aliphatic carbocycles. The molecular formula is C21H21F3N2. The summed E-state index contributed by atoms with van der Waals surface area (Å²) in [5, 5.41) is 6.09. The van der Waals surface area contributed by atoms with Crippen LogP contribution in [0.1, 0.15) is 16.7 Å². The second-order valence-electron chi connectivity index (χ2n) is 6.65. The molecule has 0 saturated heterocycles.